The fourth-order valence-corrected chi connectivity index (χ4v) is 2.90. The number of aromatic nitrogens is 2. The van der Waals surface area contributed by atoms with Crippen LogP contribution in [0.15, 0.2) is 36.7 Å². The van der Waals surface area contributed by atoms with Crippen molar-refractivity contribution in [3.63, 3.8) is 0 Å². The van der Waals surface area contributed by atoms with E-state index in [0.717, 1.165) is 0 Å². The van der Waals surface area contributed by atoms with Gasteiger partial charge >= 0.3 is 0 Å². The number of nitrogens with zero attached hydrogens (tertiary/aromatic N) is 4. The molecule has 7 nitrogen and oxygen atoms in total. The van der Waals surface area contributed by atoms with E-state index in [9.17, 15) is 4.79 Å². The fraction of sp³-hybridized carbons (Fsp3) is 0.421. The van der Waals surface area contributed by atoms with Gasteiger partial charge in [0.1, 0.15) is 0 Å². The van der Waals surface area contributed by atoms with E-state index in [0.29, 0.717) is 49.2 Å². The third kappa shape index (κ3) is 4.04. The third-order valence-corrected chi connectivity index (χ3v) is 4.18. The minimum atomic E-state index is -0.00646. The maximum absolute atomic E-state index is 12.8. The van der Waals surface area contributed by atoms with Crippen LogP contribution >= 0.6 is 0 Å². The van der Waals surface area contributed by atoms with Crippen LogP contribution in [0, 0.1) is 0 Å². The number of hydrogen-bond donors (Lipinski definition) is 0. The first kappa shape index (κ1) is 18.0. The molecule has 7 heteroatoms. The fourth-order valence-electron chi connectivity index (χ4n) is 2.90. The molecule has 1 aliphatic heterocycles. The lowest BCUT2D eigenvalue weighted by Crippen LogP contribution is -2.49. The molecule has 1 aromatic heterocycles. The Labute approximate surface area is 153 Å². The molecule has 1 aromatic carbocycles. The molecule has 1 amide bonds. The monoisotopic (exact) mass is 356 g/mol. The highest BCUT2D eigenvalue weighted by Crippen LogP contribution is 2.29. The lowest BCUT2D eigenvalue weighted by Gasteiger charge is -2.34. The molecule has 1 fully saturated rings. The molecule has 2 aromatic rings. The van der Waals surface area contributed by atoms with Gasteiger partial charge in [0.2, 0.25) is 5.95 Å². The van der Waals surface area contributed by atoms with Gasteiger partial charge in [0, 0.05) is 44.1 Å². The van der Waals surface area contributed by atoms with Crippen molar-refractivity contribution >= 4 is 11.9 Å². The zero-order valence-electron chi connectivity index (χ0n) is 15.4. The second-order valence-electron chi connectivity index (χ2n) is 6.36. The molecule has 1 aliphatic rings. The predicted molar refractivity (Wildman–Crippen MR) is 98.9 cm³/mol. The van der Waals surface area contributed by atoms with Crippen LogP contribution in [0.5, 0.6) is 11.5 Å². The van der Waals surface area contributed by atoms with Gasteiger partial charge in [-0.2, -0.15) is 0 Å². The molecule has 138 valence electrons. The smallest absolute Gasteiger partial charge is 0.254 e. The van der Waals surface area contributed by atoms with Crippen molar-refractivity contribution < 1.29 is 14.3 Å². The number of carbonyl (C=O) groups excluding carboxylic acids is 1. The van der Waals surface area contributed by atoms with Gasteiger partial charge in [0.15, 0.2) is 11.5 Å². The second-order valence-corrected chi connectivity index (χ2v) is 6.36. The van der Waals surface area contributed by atoms with Crippen molar-refractivity contribution in [2.45, 2.75) is 20.0 Å². The van der Waals surface area contributed by atoms with Gasteiger partial charge < -0.3 is 19.3 Å². The summed E-state index contributed by atoms with van der Waals surface area (Å²) in [5, 5.41) is 0. The Hall–Kier alpha value is -2.83. The summed E-state index contributed by atoms with van der Waals surface area (Å²) in [6, 6.07) is 7.12. The zero-order valence-corrected chi connectivity index (χ0v) is 15.4. The molecule has 0 N–H and O–H groups in total. The SMILES string of the molecule is COc1cc(C(=O)N2CCN(c3ncccn3)CC2)ccc1OC(C)C. The third-order valence-electron chi connectivity index (χ3n) is 4.18. The molecule has 0 aliphatic carbocycles. The number of ether oxygens (including phenoxy) is 2. The van der Waals surface area contributed by atoms with Crippen LogP contribution in [0.1, 0.15) is 24.2 Å². The summed E-state index contributed by atoms with van der Waals surface area (Å²) in [4.78, 5) is 25.3. The molecule has 0 atom stereocenters. The number of anilines is 1. The number of rotatable bonds is 5. The first-order valence-corrected chi connectivity index (χ1v) is 8.74. The lowest BCUT2D eigenvalue weighted by atomic mass is 10.1. The maximum Gasteiger partial charge on any atom is 0.254 e. The summed E-state index contributed by atoms with van der Waals surface area (Å²) in [5.74, 6) is 1.91. The van der Waals surface area contributed by atoms with Crippen molar-refractivity contribution in [1.29, 1.82) is 0 Å². The number of carbonyl (C=O) groups is 1. The van der Waals surface area contributed by atoms with Crippen molar-refractivity contribution in [3.8, 4) is 11.5 Å². The zero-order chi connectivity index (χ0) is 18.5. The van der Waals surface area contributed by atoms with Crippen molar-refractivity contribution in [2.75, 3.05) is 38.2 Å². The van der Waals surface area contributed by atoms with E-state index >= 15 is 0 Å². The molecule has 0 unspecified atom stereocenters. The summed E-state index contributed by atoms with van der Waals surface area (Å²) in [5.41, 5.74) is 0.599. The Balaban J connectivity index is 1.66. The number of amides is 1. The molecule has 2 heterocycles. The Bertz CT molecular complexity index is 744. The predicted octanol–water partition coefficient (Wildman–Crippen LogP) is 2.23. The lowest BCUT2D eigenvalue weighted by molar-refractivity contribution is 0.0745. The number of piperazine rings is 1. The van der Waals surface area contributed by atoms with Crippen LogP contribution in [-0.4, -0.2) is 60.2 Å². The minimum absolute atomic E-state index is 0.00646. The van der Waals surface area contributed by atoms with Gasteiger partial charge in [0.05, 0.1) is 13.2 Å². The molecule has 0 saturated carbocycles. The first-order chi connectivity index (χ1) is 12.6. The van der Waals surface area contributed by atoms with Gasteiger partial charge in [0.25, 0.3) is 5.91 Å². The highest BCUT2D eigenvalue weighted by atomic mass is 16.5. The van der Waals surface area contributed by atoms with E-state index in [1.54, 1.807) is 43.8 Å². The molecular weight excluding hydrogens is 332 g/mol. The molecule has 1 saturated heterocycles. The van der Waals surface area contributed by atoms with Gasteiger partial charge in [-0.05, 0) is 38.1 Å². The highest BCUT2D eigenvalue weighted by Gasteiger charge is 2.24. The molecule has 0 radical (unpaired) electrons. The van der Waals surface area contributed by atoms with E-state index in [1.165, 1.54) is 0 Å². The van der Waals surface area contributed by atoms with Crippen LogP contribution in [0.25, 0.3) is 0 Å². The second kappa shape index (κ2) is 8.03. The van der Waals surface area contributed by atoms with E-state index in [1.807, 2.05) is 18.7 Å². The average Bonchev–Trinajstić information content (AvgIpc) is 2.68. The van der Waals surface area contributed by atoms with Crippen LogP contribution in [0.3, 0.4) is 0 Å². The van der Waals surface area contributed by atoms with Gasteiger partial charge in [-0.15, -0.1) is 0 Å². The van der Waals surface area contributed by atoms with Crippen LogP contribution in [0.2, 0.25) is 0 Å². The molecule has 3 rings (SSSR count). The van der Waals surface area contributed by atoms with Gasteiger partial charge in [-0.3, -0.25) is 4.79 Å². The number of hydrogen-bond acceptors (Lipinski definition) is 6. The van der Waals surface area contributed by atoms with Crippen LogP contribution < -0.4 is 14.4 Å². The van der Waals surface area contributed by atoms with E-state index < -0.39 is 0 Å². The van der Waals surface area contributed by atoms with E-state index in [-0.39, 0.29) is 12.0 Å². The average molecular weight is 356 g/mol. The minimum Gasteiger partial charge on any atom is -0.493 e. The molecule has 0 spiro atoms. The Kier molecular flexibility index (Phi) is 5.55. The van der Waals surface area contributed by atoms with Crippen molar-refractivity contribution in [2.24, 2.45) is 0 Å². The Morgan fingerprint density at radius 2 is 1.77 bits per heavy atom. The summed E-state index contributed by atoms with van der Waals surface area (Å²) in [7, 11) is 1.58. The van der Waals surface area contributed by atoms with Crippen LogP contribution in [0.4, 0.5) is 5.95 Å². The quantitative estimate of drug-likeness (QED) is 0.818. The molecule has 26 heavy (non-hydrogen) atoms. The summed E-state index contributed by atoms with van der Waals surface area (Å²) in [6.45, 7) is 6.58. The van der Waals surface area contributed by atoms with E-state index in [2.05, 4.69) is 14.9 Å². The Morgan fingerprint density at radius 1 is 1.08 bits per heavy atom. The van der Waals surface area contributed by atoms with E-state index in [4.69, 9.17) is 9.47 Å². The van der Waals surface area contributed by atoms with Gasteiger partial charge in [-0.25, -0.2) is 9.97 Å². The summed E-state index contributed by atoms with van der Waals surface area (Å²) < 4.78 is 11.1. The topological polar surface area (TPSA) is 67.8 Å². The standard InChI is InChI=1S/C19H24N4O3/c1-14(2)26-16-6-5-15(13-17(16)25-3)18(24)22-9-11-23(12-10-22)19-20-7-4-8-21-19/h4-8,13-14H,9-12H2,1-3H3. The largest absolute Gasteiger partial charge is 0.493 e. The molecule has 0 bridgehead atoms. The molecular formula is C19H24N4O3. The first-order valence-electron chi connectivity index (χ1n) is 8.74. The normalized spacial score (nSPS) is 14.5. The van der Waals surface area contributed by atoms with Crippen LogP contribution in [-0.2, 0) is 0 Å². The Morgan fingerprint density at radius 3 is 2.38 bits per heavy atom. The number of benzene rings is 1. The van der Waals surface area contributed by atoms with Gasteiger partial charge in [-0.1, -0.05) is 0 Å². The maximum atomic E-state index is 12.8. The van der Waals surface area contributed by atoms with Crippen molar-refractivity contribution in [3.05, 3.63) is 42.2 Å². The summed E-state index contributed by atoms with van der Waals surface area (Å²) in [6.07, 6.45) is 3.50. The van der Waals surface area contributed by atoms with Crippen molar-refractivity contribution in [1.82, 2.24) is 14.9 Å². The highest BCUT2D eigenvalue weighted by molar-refractivity contribution is 5.95. The number of methoxy groups -OCH3 is 1. The summed E-state index contributed by atoms with van der Waals surface area (Å²) >= 11 is 0.